The Balaban J connectivity index is 2.04. The highest BCUT2D eigenvalue weighted by Gasteiger charge is 2.19. The summed E-state index contributed by atoms with van der Waals surface area (Å²) in [4.78, 5) is 11.5. The van der Waals surface area contributed by atoms with Crippen LogP contribution in [0.25, 0.3) is 0 Å². The fraction of sp³-hybridized carbons (Fsp3) is 0.0714. The van der Waals surface area contributed by atoms with E-state index in [1.54, 1.807) is 30.3 Å². The third-order valence-electron chi connectivity index (χ3n) is 2.55. The van der Waals surface area contributed by atoms with Gasteiger partial charge in [0, 0.05) is 5.69 Å². The van der Waals surface area contributed by atoms with E-state index in [1.807, 2.05) is 0 Å². The van der Waals surface area contributed by atoms with Gasteiger partial charge in [-0.25, -0.2) is 4.79 Å². The lowest BCUT2D eigenvalue weighted by atomic mass is 10.3. The molecule has 0 atom stereocenters. The van der Waals surface area contributed by atoms with Crippen LogP contribution in [0.3, 0.4) is 0 Å². The summed E-state index contributed by atoms with van der Waals surface area (Å²) in [6, 6.07) is 13.8. The Morgan fingerprint density at radius 3 is 2.19 bits per heavy atom. The zero-order valence-corrected chi connectivity index (χ0v) is 12.0. The maximum atomic E-state index is 11.8. The molecule has 0 aliphatic carbocycles. The first-order valence-corrected chi connectivity index (χ1v) is 7.37. The molecule has 2 aromatic rings. The number of hydrogen-bond donors (Lipinski definition) is 1. The number of nitrogens with one attached hydrogen (secondary N) is 1. The SMILES string of the molecule is COc1ccc(NC(=O)OS(=O)(=O)c2ccccc2)cc1. The average Bonchev–Trinajstić information content (AvgIpc) is 2.48. The van der Waals surface area contributed by atoms with E-state index in [1.165, 1.54) is 31.4 Å². The molecule has 2 rings (SSSR count). The van der Waals surface area contributed by atoms with Crippen LogP contribution in [0.2, 0.25) is 0 Å². The molecule has 0 saturated heterocycles. The minimum absolute atomic E-state index is 0.0881. The monoisotopic (exact) mass is 307 g/mol. The second-order valence-electron chi connectivity index (χ2n) is 3.99. The number of hydrogen-bond acceptors (Lipinski definition) is 5. The number of carbonyl (C=O) groups is 1. The topological polar surface area (TPSA) is 81.7 Å². The lowest BCUT2D eigenvalue weighted by Crippen LogP contribution is -2.18. The number of methoxy groups -OCH3 is 1. The predicted octanol–water partition coefficient (Wildman–Crippen LogP) is 2.63. The Kier molecular flexibility index (Phi) is 4.44. The Hall–Kier alpha value is -2.54. The first-order chi connectivity index (χ1) is 10.0. The van der Waals surface area contributed by atoms with Gasteiger partial charge >= 0.3 is 16.2 Å². The minimum atomic E-state index is -4.13. The summed E-state index contributed by atoms with van der Waals surface area (Å²) in [6.45, 7) is 0. The highest BCUT2D eigenvalue weighted by Crippen LogP contribution is 2.16. The van der Waals surface area contributed by atoms with Crippen LogP contribution in [0.5, 0.6) is 5.75 Å². The van der Waals surface area contributed by atoms with E-state index in [4.69, 9.17) is 4.74 Å². The first-order valence-electron chi connectivity index (χ1n) is 5.96. The van der Waals surface area contributed by atoms with Crippen LogP contribution >= 0.6 is 0 Å². The van der Waals surface area contributed by atoms with Crippen molar-refractivity contribution >= 4 is 21.9 Å². The van der Waals surface area contributed by atoms with E-state index in [0.717, 1.165) is 0 Å². The maximum absolute atomic E-state index is 11.8. The highest BCUT2D eigenvalue weighted by molar-refractivity contribution is 7.87. The molecule has 0 radical (unpaired) electrons. The van der Waals surface area contributed by atoms with Crippen molar-refractivity contribution in [2.75, 3.05) is 12.4 Å². The largest absolute Gasteiger partial charge is 0.497 e. The van der Waals surface area contributed by atoms with Crippen molar-refractivity contribution in [3.63, 3.8) is 0 Å². The summed E-state index contributed by atoms with van der Waals surface area (Å²) in [7, 11) is -2.61. The van der Waals surface area contributed by atoms with Gasteiger partial charge in [-0.05, 0) is 36.4 Å². The van der Waals surface area contributed by atoms with Gasteiger partial charge in [0.05, 0.1) is 7.11 Å². The Labute approximate surface area is 122 Å². The molecule has 7 heteroatoms. The summed E-state index contributed by atoms with van der Waals surface area (Å²) in [5, 5.41) is 2.32. The maximum Gasteiger partial charge on any atom is 0.427 e. The second-order valence-corrected chi connectivity index (χ2v) is 5.54. The zero-order chi connectivity index (χ0) is 15.3. The van der Waals surface area contributed by atoms with Crippen molar-refractivity contribution in [3.05, 3.63) is 54.6 Å². The molecular formula is C14H13NO5S. The molecule has 0 saturated carbocycles. The zero-order valence-electron chi connectivity index (χ0n) is 11.1. The Morgan fingerprint density at radius 1 is 1.00 bits per heavy atom. The fourth-order valence-corrected chi connectivity index (χ4v) is 2.38. The van der Waals surface area contributed by atoms with Gasteiger partial charge in [0.2, 0.25) is 0 Å². The minimum Gasteiger partial charge on any atom is -0.497 e. The molecule has 1 N–H and O–H groups in total. The van der Waals surface area contributed by atoms with Crippen LogP contribution in [-0.2, 0) is 14.3 Å². The normalized spacial score (nSPS) is 10.7. The van der Waals surface area contributed by atoms with Gasteiger partial charge in [-0.15, -0.1) is 0 Å². The standard InChI is InChI=1S/C14H13NO5S/c1-19-12-9-7-11(8-10-12)15-14(16)20-21(17,18)13-5-3-2-4-6-13/h2-10H,1H3,(H,15,16). The lowest BCUT2D eigenvalue weighted by molar-refractivity contribution is 0.217. The Bertz CT molecular complexity index is 711. The van der Waals surface area contributed by atoms with Crippen molar-refractivity contribution in [3.8, 4) is 5.75 Å². The van der Waals surface area contributed by atoms with Gasteiger partial charge in [0.1, 0.15) is 10.6 Å². The van der Waals surface area contributed by atoms with E-state index in [2.05, 4.69) is 9.50 Å². The van der Waals surface area contributed by atoms with Crippen LogP contribution in [0, 0.1) is 0 Å². The van der Waals surface area contributed by atoms with E-state index in [-0.39, 0.29) is 4.90 Å². The molecule has 0 aliphatic rings. The number of benzene rings is 2. The van der Waals surface area contributed by atoms with E-state index < -0.39 is 16.2 Å². The number of ether oxygens (including phenoxy) is 1. The molecule has 0 aliphatic heterocycles. The van der Waals surface area contributed by atoms with Gasteiger partial charge in [-0.2, -0.15) is 8.42 Å². The molecular weight excluding hydrogens is 294 g/mol. The van der Waals surface area contributed by atoms with Crippen molar-refractivity contribution in [1.29, 1.82) is 0 Å². The van der Waals surface area contributed by atoms with Gasteiger partial charge in [0.15, 0.2) is 0 Å². The van der Waals surface area contributed by atoms with Crippen LogP contribution < -0.4 is 10.1 Å². The molecule has 0 unspecified atom stereocenters. The summed E-state index contributed by atoms with van der Waals surface area (Å²) in [6.07, 6.45) is -1.08. The lowest BCUT2D eigenvalue weighted by Gasteiger charge is -2.07. The molecule has 0 fully saturated rings. The summed E-state index contributed by atoms with van der Waals surface area (Å²) >= 11 is 0. The molecule has 1 amide bonds. The Morgan fingerprint density at radius 2 is 1.62 bits per heavy atom. The van der Waals surface area contributed by atoms with Crippen molar-refractivity contribution in [2.45, 2.75) is 4.90 Å². The van der Waals surface area contributed by atoms with Gasteiger partial charge in [0.25, 0.3) is 0 Å². The van der Waals surface area contributed by atoms with Gasteiger partial charge < -0.3 is 8.92 Å². The number of rotatable bonds is 4. The summed E-state index contributed by atoms with van der Waals surface area (Å²) in [5.74, 6) is 0.617. The van der Waals surface area contributed by atoms with Crippen LogP contribution in [-0.4, -0.2) is 21.6 Å². The summed E-state index contributed by atoms with van der Waals surface area (Å²) < 4.78 is 33.1. The molecule has 2 aromatic carbocycles. The number of carbonyl (C=O) groups excluding carboxylic acids is 1. The van der Waals surface area contributed by atoms with Crippen LogP contribution in [0.1, 0.15) is 0 Å². The van der Waals surface area contributed by atoms with E-state index >= 15 is 0 Å². The third kappa shape index (κ3) is 3.96. The molecule has 0 aromatic heterocycles. The highest BCUT2D eigenvalue weighted by atomic mass is 32.2. The molecule has 0 bridgehead atoms. The third-order valence-corrected chi connectivity index (χ3v) is 3.77. The smallest absolute Gasteiger partial charge is 0.427 e. The van der Waals surface area contributed by atoms with Gasteiger partial charge in [-0.3, -0.25) is 5.32 Å². The summed E-state index contributed by atoms with van der Waals surface area (Å²) in [5.41, 5.74) is 0.393. The van der Waals surface area contributed by atoms with E-state index in [9.17, 15) is 13.2 Å². The quantitative estimate of drug-likeness (QED) is 0.878. The molecule has 21 heavy (non-hydrogen) atoms. The van der Waals surface area contributed by atoms with Crippen LogP contribution in [0.15, 0.2) is 59.5 Å². The van der Waals surface area contributed by atoms with Crippen molar-refractivity contribution < 1.29 is 22.1 Å². The fourth-order valence-electron chi connectivity index (χ4n) is 1.55. The molecule has 110 valence electrons. The molecule has 0 spiro atoms. The number of anilines is 1. The second kappa shape index (κ2) is 6.27. The number of amides is 1. The predicted molar refractivity (Wildman–Crippen MR) is 76.7 cm³/mol. The average molecular weight is 307 g/mol. The molecule has 0 heterocycles. The van der Waals surface area contributed by atoms with Crippen LogP contribution in [0.4, 0.5) is 10.5 Å². The molecule has 6 nitrogen and oxygen atoms in total. The van der Waals surface area contributed by atoms with Crippen molar-refractivity contribution in [1.82, 2.24) is 0 Å². The van der Waals surface area contributed by atoms with Gasteiger partial charge in [-0.1, -0.05) is 18.2 Å². The van der Waals surface area contributed by atoms with E-state index in [0.29, 0.717) is 11.4 Å². The first kappa shape index (κ1) is 14.9. The van der Waals surface area contributed by atoms with Crippen molar-refractivity contribution in [2.24, 2.45) is 0 Å².